The SMILES string of the molecule is CC1=CCCC2=CC(OC2=O)C(C(C)C)CC1. The fourth-order valence-corrected chi connectivity index (χ4v) is 2.74. The maximum atomic E-state index is 11.7. The van der Waals surface area contributed by atoms with E-state index >= 15 is 0 Å². The average Bonchev–Trinajstić information content (AvgIpc) is 2.59. The van der Waals surface area contributed by atoms with Crippen molar-refractivity contribution in [3.8, 4) is 0 Å². The van der Waals surface area contributed by atoms with Crippen molar-refractivity contribution in [1.82, 2.24) is 0 Å². The van der Waals surface area contributed by atoms with Gasteiger partial charge in [-0.1, -0.05) is 25.5 Å². The Morgan fingerprint density at radius 3 is 2.82 bits per heavy atom. The van der Waals surface area contributed by atoms with Crippen molar-refractivity contribution in [2.24, 2.45) is 11.8 Å². The van der Waals surface area contributed by atoms with Gasteiger partial charge >= 0.3 is 5.97 Å². The number of hydrogen-bond acceptors (Lipinski definition) is 2. The number of carbonyl (C=O) groups is 1. The summed E-state index contributed by atoms with van der Waals surface area (Å²) in [6.45, 7) is 6.63. The minimum Gasteiger partial charge on any atom is -0.454 e. The van der Waals surface area contributed by atoms with Crippen molar-refractivity contribution < 1.29 is 9.53 Å². The zero-order valence-electron chi connectivity index (χ0n) is 11.0. The molecule has 0 amide bonds. The summed E-state index contributed by atoms with van der Waals surface area (Å²) in [7, 11) is 0. The highest BCUT2D eigenvalue weighted by atomic mass is 16.5. The molecule has 0 aromatic carbocycles. The summed E-state index contributed by atoms with van der Waals surface area (Å²) in [5.74, 6) is 0.919. The van der Waals surface area contributed by atoms with Crippen LogP contribution in [0.4, 0.5) is 0 Å². The molecule has 0 N–H and O–H groups in total. The minimum absolute atomic E-state index is 0.0170. The topological polar surface area (TPSA) is 26.3 Å². The zero-order valence-corrected chi connectivity index (χ0v) is 11.0. The molecule has 0 fully saturated rings. The maximum absolute atomic E-state index is 11.7. The van der Waals surface area contributed by atoms with Crippen molar-refractivity contribution in [2.75, 3.05) is 0 Å². The molecule has 2 bridgehead atoms. The van der Waals surface area contributed by atoms with Crippen LogP contribution in [0.5, 0.6) is 0 Å². The smallest absolute Gasteiger partial charge is 0.334 e. The molecule has 0 aromatic rings. The Bertz CT molecular complexity index is 363. The lowest BCUT2D eigenvalue weighted by Gasteiger charge is -2.25. The van der Waals surface area contributed by atoms with Gasteiger partial charge in [-0.2, -0.15) is 0 Å². The van der Waals surface area contributed by atoms with Gasteiger partial charge in [0, 0.05) is 11.5 Å². The monoisotopic (exact) mass is 234 g/mol. The summed E-state index contributed by atoms with van der Waals surface area (Å²) >= 11 is 0. The maximum Gasteiger partial charge on any atom is 0.334 e. The molecule has 0 spiro atoms. The van der Waals surface area contributed by atoms with E-state index in [4.69, 9.17) is 4.74 Å². The molecule has 0 saturated heterocycles. The number of fused-ring (bicyclic) bond motifs is 1. The Kier molecular flexibility index (Phi) is 3.70. The minimum atomic E-state index is -0.0893. The van der Waals surface area contributed by atoms with E-state index in [-0.39, 0.29) is 12.1 Å². The standard InChI is InChI=1S/C15H22O2/c1-10(2)13-8-7-11(3)5-4-6-12-9-14(13)17-15(12)16/h5,9-10,13-14H,4,6-8H2,1-3H3. The van der Waals surface area contributed by atoms with Crippen molar-refractivity contribution in [3.05, 3.63) is 23.3 Å². The summed E-state index contributed by atoms with van der Waals surface area (Å²) in [6, 6.07) is 0. The largest absolute Gasteiger partial charge is 0.454 e. The molecule has 94 valence electrons. The molecule has 1 heterocycles. The Morgan fingerprint density at radius 1 is 1.35 bits per heavy atom. The summed E-state index contributed by atoms with van der Waals surface area (Å²) < 4.78 is 5.51. The molecule has 2 nitrogen and oxygen atoms in total. The second kappa shape index (κ2) is 5.07. The normalized spacial score (nSPS) is 29.8. The van der Waals surface area contributed by atoms with Crippen LogP contribution in [0.25, 0.3) is 0 Å². The summed E-state index contributed by atoms with van der Waals surface area (Å²) in [4.78, 5) is 11.7. The van der Waals surface area contributed by atoms with Crippen molar-refractivity contribution in [3.63, 3.8) is 0 Å². The number of esters is 1. The number of hydrogen-bond donors (Lipinski definition) is 0. The van der Waals surface area contributed by atoms with E-state index in [1.54, 1.807) is 0 Å². The van der Waals surface area contributed by atoms with Gasteiger partial charge in [0.2, 0.25) is 0 Å². The second-order valence-corrected chi connectivity index (χ2v) is 5.60. The van der Waals surface area contributed by atoms with Gasteiger partial charge in [-0.05, 0) is 44.6 Å². The van der Waals surface area contributed by atoms with Crippen LogP contribution < -0.4 is 0 Å². The third-order valence-corrected chi connectivity index (χ3v) is 3.93. The third-order valence-electron chi connectivity index (χ3n) is 3.93. The predicted molar refractivity (Wildman–Crippen MR) is 68.5 cm³/mol. The molecule has 2 rings (SSSR count). The van der Waals surface area contributed by atoms with Crippen LogP contribution in [-0.4, -0.2) is 12.1 Å². The van der Waals surface area contributed by atoms with Gasteiger partial charge in [0.05, 0.1) is 0 Å². The van der Waals surface area contributed by atoms with Gasteiger partial charge in [-0.3, -0.25) is 0 Å². The number of rotatable bonds is 1. The van der Waals surface area contributed by atoms with E-state index in [2.05, 4.69) is 32.9 Å². The molecule has 0 saturated carbocycles. The Balaban J connectivity index is 2.21. The van der Waals surface area contributed by atoms with Crippen molar-refractivity contribution in [2.45, 2.75) is 52.6 Å². The Morgan fingerprint density at radius 2 is 2.12 bits per heavy atom. The van der Waals surface area contributed by atoms with E-state index in [0.29, 0.717) is 11.8 Å². The zero-order chi connectivity index (χ0) is 12.4. The quantitative estimate of drug-likeness (QED) is 0.511. The Hall–Kier alpha value is -1.05. The number of ether oxygens (including phenoxy) is 1. The highest BCUT2D eigenvalue weighted by molar-refractivity contribution is 5.90. The van der Waals surface area contributed by atoms with Gasteiger partial charge in [0.15, 0.2) is 0 Å². The highest BCUT2D eigenvalue weighted by Gasteiger charge is 2.33. The molecular weight excluding hydrogens is 212 g/mol. The molecule has 17 heavy (non-hydrogen) atoms. The summed E-state index contributed by atoms with van der Waals surface area (Å²) in [5, 5.41) is 0. The molecule has 2 aliphatic rings. The molecule has 2 unspecified atom stereocenters. The van der Waals surface area contributed by atoms with E-state index in [0.717, 1.165) is 31.3 Å². The fourth-order valence-electron chi connectivity index (χ4n) is 2.74. The lowest BCUT2D eigenvalue weighted by Crippen LogP contribution is -2.25. The van der Waals surface area contributed by atoms with Crippen LogP contribution in [0.15, 0.2) is 23.3 Å². The molecule has 0 aromatic heterocycles. The van der Waals surface area contributed by atoms with Crippen LogP contribution in [-0.2, 0) is 9.53 Å². The highest BCUT2D eigenvalue weighted by Crippen LogP contribution is 2.32. The van der Waals surface area contributed by atoms with Gasteiger partial charge < -0.3 is 4.74 Å². The van der Waals surface area contributed by atoms with Crippen molar-refractivity contribution in [1.29, 1.82) is 0 Å². The van der Waals surface area contributed by atoms with Crippen molar-refractivity contribution >= 4 is 5.97 Å². The van der Waals surface area contributed by atoms with E-state index in [1.165, 1.54) is 5.57 Å². The number of allylic oxidation sites excluding steroid dienone is 2. The number of carbonyl (C=O) groups excluding carboxylic acids is 1. The van der Waals surface area contributed by atoms with Gasteiger partial charge in [-0.25, -0.2) is 4.79 Å². The van der Waals surface area contributed by atoms with Gasteiger partial charge in [0.25, 0.3) is 0 Å². The van der Waals surface area contributed by atoms with E-state index in [1.807, 2.05) is 0 Å². The van der Waals surface area contributed by atoms with Crippen LogP contribution >= 0.6 is 0 Å². The molecule has 2 atom stereocenters. The molecule has 1 aliphatic carbocycles. The first-order chi connectivity index (χ1) is 8.08. The lowest BCUT2D eigenvalue weighted by atomic mass is 9.84. The lowest BCUT2D eigenvalue weighted by molar-refractivity contribution is -0.142. The molecule has 2 heteroatoms. The van der Waals surface area contributed by atoms with E-state index < -0.39 is 0 Å². The first-order valence-electron chi connectivity index (χ1n) is 6.65. The first kappa shape index (κ1) is 12.4. The second-order valence-electron chi connectivity index (χ2n) is 5.60. The summed E-state index contributed by atoms with van der Waals surface area (Å²) in [6.07, 6.45) is 8.39. The van der Waals surface area contributed by atoms with Crippen LogP contribution in [0.3, 0.4) is 0 Å². The first-order valence-corrected chi connectivity index (χ1v) is 6.65. The van der Waals surface area contributed by atoms with Crippen LogP contribution in [0, 0.1) is 11.8 Å². The van der Waals surface area contributed by atoms with Crippen LogP contribution in [0.1, 0.15) is 46.5 Å². The Labute approximate surface area is 104 Å². The van der Waals surface area contributed by atoms with Gasteiger partial charge in [-0.15, -0.1) is 0 Å². The predicted octanol–water partition coefficient (Wildman–Crippen LogP) is 3.63. The summed E-state index contributed by atoms with van der Waals surface area (Å²) in [5.41, 5.74) is 2.33. The van der Waals surface area contributed by atoms with Gasteiger partial charge in [0.1, 0.15) is 6.10 Å². The molecular formula is C15H22O2. The van der Waals surface area contributed by atoms with E-state index in [9.17, 15) is 4.79 Å². The van der Waals surface area contributed by atoms with Crippen LogP contribution in [0.2, 0.25) is 0 Å². The molecule has 0 radical (unpaired) electrons. The average molecular weight is 234 g/mol. The third kappa shape index (κ3) is 2.80. The molecule has 1 aliphatic heterocycles. The fraction of sp³-hybridized carbons (Fsp3) is 0.667.